The monoisotopic (exact) mass is 428 g/mol. The molecule has 1 atom stereocenters. The molecule has 160 valence electrons. The molecule has 0 bridgehead atoms. The number of rotatable bonds is 6. The van der Waals surface area contributed by atoms with E-state index in [0.717, 1.165) is 17.9 Å². The number of nitrogens with zero attached hydrogens (tertiary/aromatic N) is 1. The van der Waals surface area contributed by atoms with Gasteiger partial charge in [0.25, 0.3) is 5.91 Å². The van der Waals surface area contributed by atoms with E-state index in [1.165, 1.54) is 5.56 Å². The van der Waals surface area contributed by atoms with E-state index in [0.29, 0.717) is 30.3 Å². The summed E-state index contributed by atoms with van der Waals surface area (Å²) in [6.45, 7) is 5.28. The van der Waals surface area contributed by atoms with Gasteiger partial charge in [-0.15, -0.1) is 0 Å². The lowest BCUT2D eigenvalue weighted by atomic mass is 9.89. The van der Waals surface area contributed by atoms with Gasteiger partial charge in [-0.1, -0.05) is 43.6 Å². The van der Waals surface area contributed by atoms with Crippen LogP contribution in [0.1, 0.15) is 48.5 Å². The van der Waals surface area contributed by atoms with Crippen LogP contribution in [0.15, 0.2) is 48.5 Å². The summed E-state index contributed by atoms with van der Waals surface area (Å²) < 4.78 is 5.19. The summed E-state index contributed by atoms with van der Waals surface area (Å²) in [5.41, 5.74) is 1.74. The second-order valence-corrected chi connectivity index (χ2v) is 8.51. The first-order valence-electron chi connectivity index (χ1n) is 10.4. The molecular formula is C24H29ClN2O3. The Bertz CT molecular complexity index is 874. The van der Waals surface area contributed by atoms with Crippen LogP contribution in [-0.2, 0) is 4.79 Å². The first kappa shape index (κ1) is 22.2. The molecule has 1 aliphatic heterocycles. The molecule has 1 aliphatic rings. The summed E-state index contributed by atoms with van der Waals surface area (Å²) in [6.07, 6.45) is 1.81. The predicted octanol–water partition coefficient (Wildman–Crippen LogP) is 4.51. The Kier molecular flexibility index (Phi) is 7.38. The summed E-state index contributed by atoms with van der Waals surface area (Å²) in [4.78, 5) is 27.8. The van der Waals surface area contributed by atoms with Gasteiger partial charge in [0.05, 0.1) is 7.11 Å². The van der Waals surface area contributed by atoms with E-state index >= 15 is 0 Å². The molecule has 2 aromatic rings. The van der Waals surface area contributed by atoms with Crippen LogP contribution in [0, 0.1) is 5.92 Å². The molecule has 1 fully saturated rings. The minimum Gasteiger partial charge on any atom is -0.497 e. The van der Waals surface area contributed by atoms with Gasteiger partial charge in [-0.3, -0.25) is 9.59 Å². The Hall–Kier alpha value is -2.53. The van der Waals surface area contributed by atoms with Gasteiger partial charge in [0, 0.05) is 23.7 Å². The fourth-order valence-corrected chi connectivity index (χ4v) is 3.99. The molecule has 0 aromatic heterocycles. The zero-order valence-electron chi connectivity index (χ0n) is 17.7. The summed E-state index contributed by atoms with van der Waals surface area (Å²) in [6, 6.07) is 14.3. The van der Waals surface area contributed by atoms with Crippen LogP contribution in [0.5, 0.6) is 5.75 Å². The third kappa shape index (κ3) is 5.33. The quantitative estimate of drug-likeness (QED) is 0.736. The number of benzene rings is 2. The summed E-state index contributed by atoms with van der Waals surface area (Å²) in [5.74, 6) is 0.739. The molecule has 1 saturated heterocycles. The van der Waals surface area contributed by atoms with Crippen LogP contribution in [-0.4, -0.2) is 43.0 Å². The Labute approximate surface area is 183 Å². The van der Waals surface area contributed by atoms with Crippen LogP contribution >= 0.6 is 11.6 Å². The van der Waals surface area contributed by atoms with Gasteiger partial charge in [-0.2, -0.15) is 0 Å². The molecule has 2 amide bonds. The molecule has 3 rings (SSSR count). The van der Waals surface area contributed by atoms with E-state index in [-0.39, 0.29) is 17.7 Å². The number of piperidine rings is 1. The highest BCUT2D eigenvalue weighted by atomic mass is 35.5. The second-order valence-electron chi connectivity index (χ2n) is 8.08. The van der Waals surface area contributed by atoms with Gasteiger partial charge in [0.2, 0.25) is 5.91 Å². The topological polar surface area (TPSA) is 58.6 Å². The molecule has 2 aromatic carbocycles. The van der Waals surface area contributed by atoms with Crippen LogP contribution in [0.4, 0.5) is 0 Å². The minimum atomic E-state index is -0.559. The number of nitrogens with one attached hydrogen (secondary N) is 1. The normalized spacial score (nSPS) is 15.7. The molecule has 0 saturated carbocycles. The number of carbonyl (C=O) groups excluding carboxylic acids is 2. The number of amides is 2. The molecule has 0 aliphatic carbocycles. The molecule has 1 heterocycles. The maximum atomic E-state index is 13.2. The van der Waals surface area contributed by atoms with Gasteiger partial charge in [-0.05, 0) is 60.6 Å². The van der Waals surface area contributed by atoms with Crippen molar-refractivity contribution in [1.29, 1.82) is 0 Å². The molecule has 0 radical (unpaired) electrons. The van der Waals surface area contributed by atoms with Crippen molar-refractivity contribution in [2.24, 2.45) is 5.92 Å². The zero-order valence-corrected chi connectivity index (χ0v) is 18.5. The summed E-state index contributed by atoms with van der Waals surface area (Å²) >= 11 is 5.99. The van der Waals surface area contributed by atoms with Gasteiger partial charge >= 0.3 is 0 Å². The van der Waals surface area contributed by atoms with Crippen molar-refractivity contribution in [2.75, 3.05) is 20.2 Å². The highest BCUT2D eigenvalue weighted by molar-refractivity contribution is 6.30. The lowest BCUT2D eigenvalue weighted by Crippen LogP contribution is -2.52. The van der Waals surface area contributed by atoms with Gasteiger partial charge in [-0.25, -0.2) is 0 Å². The molecule has 0 spiro atoms. The number of halogens is 1. The van der Waals surface area contributed by atoms with Crippen molar-refractivity contribution in [3.05, 3.63) is 64.7 Å². The molecule has 1 N–H and O–H groups in total. The largest absolute Gasteiger partial charge is 0.497 e. The number of carbonyl (C=O) groups is 2. The average molecular weight is 429 g/mol. The van der Waals surface area contributed by atoms with Crippen molar-refractivity contribution in [1.82, 2.24) is 10.2 Å². The van der Waals surface area contributed by atoms with Crippen LogP contribution < -0.4 is 10.1 Å². The summed E-state index contributed by atoms with van der Waals surface area (Å²) in [5, 5.41) is 3.66. The van der Waals surface area contributed by atoms with E-state index in [1.807, 2.05) is 30.9 Å². The lowest BCUT2D eigenvalue weighted by Gasteiger charge is -2.35. The number of likely N-dealkylation sites (tertiary alicyclic amines) is 1. The Balaban J connectivity index is 1.63. The second kappa shape index (κ2) is 9.98. The van der Waals surface area contributed by atoms with Gasteiger partial charge in [0.15, 0.2) is 0 Å². The van der Waals surface area contributed by atoms with Gasteiger partial charge in [0.1, 0.15) is 11.8 Å². The van der Waals surface area contributed by atoms with E-state index in [2.05, 4.69) is 17.4 Å². The first-order valence-corrected chi connectivity index (χ1v) is 10.8. The third-order valence-corrected chi connectivity index (χ3v) is 5.95. The van der Waals surface area contributed by atoms with Crippen molar-refractivity contribution >= 4 is 23.4 Å². The molecular weight excluding hydrogens is 400 g/mol. The van der Waals surface area contributed by atoms with Crippen LogP contribution in [0.2, 0.25) is 5.02 Å². The van der Waals surface area contributed by atoms with Crippen molar-refractivity contribution < 1.29 is 14.3 Å². The van der Waals surface area contributed by atoms with E-state index < -0.39 is 6.04 Å². The highest BCUT2D eigenvalue weighted by Gasteiger charge is 2.31. The highest BCUT2D eigenvalue weighted by Crippen LogP contribution is 2.29. The number of methoxy groups -OCH3 is 1. The maximum Gasteiger partial charge on any atom is 0.252 e. The minimum absolute atomic E-state index is 0.0129. The first-order chi connectivity index (χ1) is 14.4. The van der Waals surface area contributed by atoms with E-state index in [4.69, 9.17) is 16.3 Å². The average Bonchev–Trinajstić information content (AvgIpc) is 2.77. The van der Waals surface area contributed by atoms with E-state index in [1.54, 1.807) is 31.4 Å². The smallest absolute Gasteiger partial charge is 0.252 e. The van der Waals surface area contributed by atoms with Crippen LogP contribution in [0.25, 0.3) is 0 Å². The molecule has 1 unspecified atom stereocenters. The Morgan fingerprint density at radius 1 is 1.10 bits per heavy atom. The van der Waals surface area contributed by atoms with Crippen molar-refractivity contribution in [2.45, 2.75) is 38.6 Å². The number of hydrogen-bond acceptors (Lipinski definition) is 3. The molecule has 6 heteroatoms. The fourth-order valence-electron chi connectivity index (χ4n) is 3.87. The van der Waals surface area contributed by atoms with Crippen molar-refractivity contribution in [3.8, 4) is 5.75 Å². The van der Waals surface area contributed by atoms with Gasteiger partial charge < -0.3 is 15.0 Å². The van der Waals surface area contributed by atoms with Crippen LogP contribution in [0.3, 0.4) is 0 Å². The van der Waals surface area contributed by atoms with Crippen molar-refractivity contribution in [3.63, 3.8) is 0 Å². The van der Waals surface area contributed by atoms with E-state index in [9.17, 15) is 9.59 Å². The Morgan fingerprint density at radius 3 is 2.37 bits per heavy atom. The third-order valence-electron chi connectivity index (χ3n) is 5.70. The molecule has 30 heavy (non-hydrogen) atoms. The Morgan fingerprint density at radius 2 is 1.77 bits per heavy atom. The SMILES string of the molecule is COc1cccc(C(=O)NC(C(=O)N2CCC(c3ccc(Cl)cc3)CC2)C(C)C)c1. The number of hydrogen-bond donors (Lipinski definition) is 1. The lowest BCUT2D eigenvalue weighted by molar-refractivity contribution is -0.135. The fraction of sp³-hybridized carbons (Fsp3) is 0.417. The zero-order chi connectivity index (χ0) is 21.7. The molecule has 5 nitrogen and oxygen atoms in total. The predicted molar refractivity (Wildman–Crippen MR) is 119 cm³/mol. The number of ether oxygens (including phenoxy) is 1. The summed E-state index contributed by atoms with van der Waals surface area (Å²) in [7, 11) is 1.56. The standard InChI is InChI=1S/C24H29ClN2O3/c1-16(2)22(26-23(28)19-5-4-6-21(15-19)30-3)24(29)27-13-11-18(12-14-27)17-7-9-20(25)10-8-17/h4-10,15-16,18,22H,11-14H2,1-3H3,(H,26,28). The maximum absolute atomic E-state index is 13.2.